The van der Waals surface area contributed by atoms with Gasteiger partial charge in [0, 0.05) is 46.9 Å². The minimum Gasteiger partial charge on any atom is -0.513 e. The van der Waals surface area contributed by atoms with Gasteiger partial charge in [-0.1, -0.05) is 67.4 Å². The normalized spacial score (nSPS) is 11.5. The van der Waals surface area contributed by atoms with Crippen LogP contribution in [0, 0.1) is 6.92 Å². The maximum atomic E-state index is 5.76. The SMILES string of the molecule is CC.COC.[CH2-]C1=C(c2ccccc2)COc2ccccc21.[Y]. The summed E-state index contributed by atoms with van der Waals surface area (Å²) in [5.41, 5.74) is 4.52. The van der Waals surface area contributed by atoms with Gasteiger partial charge in [0.2, 0.25) is 0 Å². The molecule has 1 aliphatic rings. The molecule has 0 atom stereocenters. The molecule has 1 radical (unpaired) electrons. The average Bonchev–Trinajstić information content (AvgIpc) is 2.59. The van der Waals surface area contributed by atoms with Gasteiger partial charge in [0.15, 0.2) is 0 Å². The van der Waals surface area contributed by atoms with Crippen molar-refractivity contribution in [1.29, 1.82) is 0 Å². The second-order valence-corrected chi connectivity index (χ2v) is 4.52. The molecule has 0 unspecified atom stereocenters. The summed E-state index contributed by atoms with van der Waals surface area (Å²) in [5, 5.41) is 0. The zero-order valence-corrected chi connectivity index (χ0v) is 17.3. The van der Waals surface area contributed by atoms with E-state index in [1.165, 1.54) is 11.1 Å². The van der Waals surface area contributed by atoms with Crippen LogP contribution < -0.4 is 4.74 Å². The van der Waals surface area contributed by atoms with Crippen molar-refractivity contribution >= 4 is 11.1 Å². The van der Waals surface area contributed by atoms with E-state index in [0.29, 0.717) is 6.61 Å². The molecular weight excluding hydrogens is 361 g/mol. The molecule has 0 amide bonds. The van der Waals surface area contributed by atoms with Crippen molar-refractivity contribution in [3.05, 3.63) is 72.6 Å². The van der Waals surface area contributed by atoms with Gasteiger partial charge < -0.3 is 9.47 Å². The number of hydrogen-bond acceptors (Lipinski definition) is 2. The molecule has 0 N–H and O–H groups in total. The molecule has 3 heteroatoms. The van der Waals surface area contributed by atoms with Crippen LogP contribution >= 0.6 is 0 Å². The Hall–Kier alpha value is -1.09. The predicted octanol–water partition coefficient (Wildman–Crippen LogP) is 5.11. The van der Waals surface area contributed by atoms with Gasteiger partial charge in [0.25, 0.3) is 0 Å². The predicted molar refractivity (Wildman–Crippen MR) is 94.8 cm³/mol. The summed E-state index contributed by atoms with van der Waals surface area (Å²) >= 11 is 0. The van der Waals surface area contributed by atoms with Crippen LogP contribution in [-0.4, -0.2) is 20.8 Å². The Balaban J connectivity index is 0.000000729. The molecule has 1 aliphatic heterocycles. The number of hydrogen-bond donors (Lipinski definition) is 0. The second kappa shape index (κ2) is 12.4. The molecule has 0 aromatic heterocycles. The summed E-state index contributed by atoms with van der Waals surface area (Å²) in [7, 11) is 3.25. The monoisotopic (exact) mass is 386 g/mol. The van der Waals surface area contributed by atoms with Crippen LogP contribution in [0.3, 0.4) is 0 Å². The van der Waals surface area contributed by atoms with Gasteiger partial charge in [0.05, 0.1) is 12.4 Å². The van der Waals surface area contributed by atoms with Gasteiger partial charge in [-0.2, -0.15) is 12.5 Å². The molecule has 0 bridgehead atoms. The van der Waals surface area contributed by atoms with Gasteiger partial charge in [-0.3, -0.25) is 0 Å². The molecule has 0 spiro atoms. The zero-order chi connectivity index (χ0) is 16.4. The maximum Gasteiger partial charge on any atom is 0.0711 e. The number of rotatable bonds is 1. The van der Waals surface area contributed by atoms with E-state index >= 15 is 0 Å². The van der Waals surface area contributed by atoms with Crippen LogP contribution in [0.25, 0.3) is 11.1 Å². The molecule has 0 aliphatic carbocycles. The van der Waals surface area contributed by atoms with Crippen LogP contribution in [0.1, 0.15) is 25.0 Å². The third kappa shape index (κ3) is 6.14. The van der Waals surface area contributed by atoms with Crippen LogP contribution in [0.2, 0.25) is 0 Å². The van der Waals surface area contributed by atoms with E-state index in [4.69, 9.17) is 4.74 Å². The second-order valence-electron chi connectivity index (χ2n) is 4.52. The molecule has 0 saturated heterocycles. The number of fused-ring (bicyclic) bond motifs is 1. The molecule has 2 nitrogen and oxygen atoms in total. The van der Waals surface area contributed by atoms with E-state index in [9.17, 15) is 0 Å². The topological polar surface area (TPSA) is 18.5 Å². The van der Waals surface area contributed by atoms with Crippen LogP contribution in [0.15, 0.2) is 54.6 Å². The largest absolute Gasteiger partial charge is 0.513 e. The number of ether oxygens (including phenoxy) is 2. The van der Waals surface area contributed by atoms with E-state index in [2.05, 4.69) is 29.9 Å². The van der Waals surface area contributed by atoms with Crippen LogP contribution in [0.4, 0.5) is 0 Å². The Labute approximate surface area is 165 Å². The first-order valence-electron chi connectivity index (χ1n) is 7.50. The van der Waals surface area contributed by atoms with E-state index in [1.54, 1.807) is 14.2 Å². The summed E-state index contributed by atoms with van der Waals surface area (Å²) in [6.45, 7) is 8.79. The van der Waals surface area contributed by atoms with E-state index in [0.717, 1.165) is 16.9 Å². The Kier molecular flexibility index (Phi) is 11.8. The van der Waals surface area contributed by atoms with Crippen molar-refractivity contribution in [3.8, 4) is 5.75 Å². The number of para-hydroxylation sites is 1. The molecular formula is C20H25O2Y-. The first kappa shape index (κ1) is 21.9. The molecule has 1 heterocycles. The zero-order valence-electron chi connectivity index (χ0n) is 14.5. The molecule has 23 heavy (non-hydrogen) atoms. The van der Waals surface area contributed by atoms with Crippen molar-refractivity contribution < 1.29 is 42.2 Å². The first-order chi connectivity index (χ1) is 10.8. The Morgan fingerprint density at radius 1 is 0.913 bits per heavy atom. The van der Waals surface area contributed by atoms with Gasteiger partial charge in [-0.15, -0.1) is 11.6 Å². The third-order valence-corrected chi connectivity index (χ3v) is 3.07. The molecule has 2 aromatic rings. The summed E-state index contributed by atoms with van der Waals surface area (Å²) < 4.78 is 10.0. The molecule has 121 valence electrons. The van der Waals surface area contributed by atoms with Crippen molar-refractivity contribution in [2.24, 2.45) is 0 Å². The summed E-state index contributed by atoms with van der Waals surface area (Å²) in [5.74, 6) is 0.928. The number of methoxy groups -OCH3 is 1. The summed E-state index contributed by atoms with van der Waals surface area (Å²) in [4.78, 5) is 0. The smallest absolute Gasteiger partial charge is 0.0711 e. The average molecular weight is 386 g/mol. The quantitative estimate of drug-likeness (QED) is 0.634. The minimum atomic E-state index is 0. The molecule has 0 saturated carbocycles. The van der Waals surface area contributed by atoms with Crippen molar-refractivity contribution in [3.63, 3.8) is 0 Å². The van der Waals surface area contributed by atoms with Gasteiger partial charge >= 0.3 is 0 Å². The fraction of sp³-hybridized carbons (Fsp3) is 0.250. The standard InChI is InChI=1S/C16H13O.C2H6O.C2H6.Y/c1-12-14-9-5-6-10-16(14)17-11-15(12)13-7-3-2-4-8-13;1-3-2;1-2;/h2-10H,1,11H2;1-2H3;1-2H3;/q-1;;;. The Bertz CT molecular complexity index is 592. The maximum absolute atomic E-state index is 5.76. The first-order valence-corrected chi connectivity index (χ1v) is 7.50. The molecule has 0 fully saturated rings. The number of allylic oxidation sites excluding steroid dienone is 1. The summed E-state index contributed by atoms with van der Waals surface area (Å²) in [6, 6.07) is 18.3. The Morgan fingerprint density at radius 3 is 2.04 bits per heavy atom. The number of benzene rings is 2. The summed E-state index contributed by atoms with van der Waals surface area (Å²) in [6.07, 6.45) is 0. The molecule has 2 aromatic carbocycles. The Morgan fingerprint density at radius 2 is 1.43 bits per heavy atom. The minimum absolute atomic E-state index is 0. The van der Waals surface area contributed by atoms with Gasteiger partial charge in [-0.05, 0) is 6.07 Å². The molecule has 3 rings (SSSR count). The van der Waals surface area contributed by atoms with Gasteiger partial charge in [0.1, 0.15) is 0 Å². The fourth-order valence-corrected chi connectivity index (χ4v) is 2.14. The van der Waals surface area contributed by atoms with Gasteiger partial charge in [-0.25, -0.2) is 0 Å². The fourth-order valence-electron chi connectivity index (χ4n) is 2.14. The van der Waals surface area contributed by atoms with E-state index in [1.807, 2.05) is 50.2 Å². The van der Waals surface area contributed by atoms with Crippen molar-refractivity contribution in [2.45, 2.75) is 13.8 Å². The van der Waals surface area contributed by atoms with Crippen molar-refractivity contribution in [1.82, 2.24) is 0 Å². The van der Waals surface area contributed by atoms with E-state index in [-0.39, 0.29) is 32.7 Å². The van der Waals surface area contributed by atoms with Crippen molar-refractivity contribution in [2.75, 3.05) is 20.8 Å². The van der Waals surface area contributed by atoms with Crippen LogP contribution in [-0.2, 0) is 37.4 Å². The van der Waals surface area contributed by atoms with E-state index < -0.39 is 0 Å². The third-order valence-electron chi connectivity index (χ3n) is 3.07. The van der Waals surface area contributed by atoms with Crippen LogP contribution in [0.5, 0.6) is 5.75 Å².